The van der Waals surface area contributed by atoms with Crippen molar-refractivity contribution in [3.63, 3.8) is 0 Å². The summed E-state index contributed by atoms with van der Waals surface area (Å²) in [5.74, 6) is 0. The Morgan fingerprint density at radius 2 is 1.25 bits per heavy atom. The molecule has 0 amide bonds. The first-order valence-corrected chi connectivity index (χ1v) is 8.77. The topological polar surface area (TPSA) is 19.9 Å². The Kier molecular flexibility index (Phi) is 4.18. The van der Waals surface area contributed by atoms with Crippen LogP contribution >= 0.6 is 0 Å². The predicted octanol–water partition coefficient (Wildman–Crippen LogP) is 6.29. The van der Waals surface area contributed by atoms with Gasteiger partial charge in [0.1, 0.15) is 0 Å². The monoisotopic (exact) mass is 313 g/mol. The molecule has 0 unspecified atom stereocenters. The van der Waals surface area contributed by atoms with E-state index in [1.54, 1.807) is 0 Å². The molecular weight excluding hydrogens is 292 g/mol. The fraction of sp³-hybridized carbons (Fsp3) is 0.217. The van der Waals surface area contributed by atoms with E-state index >= 15 is 0 Å². The average molecular weight is 313 g/mol. The first-order chi connectivity index (χ1) is 11.8. The lowest BCUT2D eigenvalue weighted by atomic mass is 9.95. The second-order valence-electron chi connectivity index (χ2n) is 6.55. The summed E-state index contributed by atoms with van der Waals surface area (Å²) in [5, 5.41) is 18.4. The highest BCUT2D eigenvalue weighted by Gasteiger charge is 2.05. The zero-order valence-corrected chi connectivity index (χ0v) is 13.8. The molecular formula is C23H21O. The van der Waals surface area contributed by atoms with Gasteiger partial charge in [-0.3, -0.25) is 0 Å². The van der Waals surface area contributed by atoms with Gasteiger partial charge < -0.3 is 0 Å². The van der Waals surface area contributed by atoms with Gasteiger partial charge in [-0.25, -0.2) is 5.11 Å². The van der Waals surface area contributed by atoms with Gasteiger partial charge in [0, 0.05) is 0 Å². The van der Waals surface area contributed by atoms with E-state index in [-0.39, 0.29) is 6.61 Å². The summed E-state index contributed by atoms with van der Waals surface area (Å²) >= 11 is 0. The van der Waals surface area contributed by atoms with Crippen LogP contribution in [0.2, 0.25) is 0 Å². The highest BCUT2D eigenvalue weighted by Crippen LogP contribution is 2.29. The van der Waals surface area contributed by atoms with E-state index in [4.69, 9.17) is 0 Å². The molecule has 0 aliphatic heterocycles. The summed E-state index contributed by atoms with van der Waals surface area (Å²) in [4.78, 5) is 0. The Bertz CT molecular complexity index is 1000. The maximum Gasteiger partial charge on any atom is 0.0822 e. The summed E-state index contributed by atoms with van der Waals surface area (Å²) in [6.45, 7) is 0.0489. The molecule has 0 aromatic heterocycles. The van der Waals surface area contributed by atoms with Crippen LogP contribution in [0.25, 0.3) is 32.3 Å². The predicted molar refractivity (Wildman–Crippen MR) is 102 cm³/mol. The quantitative estimate of drug-likeness (QED) is 0.305. The second-order valence-corrected chi connectivity index (χ2v) is 6.55. The minimum atomic E-state index is 0.0489. The van der Waals surface area contributed by atoms with Crippen LogP contribution in [0, 0.1) is 0 Å². The Morgan fingerprint density at radius 1 is 0.583 bits per heavy atom. The van der Waals surface area contributed by atoms with E-state index in [0.717, 1.165) is 25.7 Å². The molecule has 1 heteroatoms. The molecule has 0 aliphatic rings. The molecule has 0 spiro atoms. The molecule has 0 N–H and O–H groups in total. The minimum absolute atomic E-state index is 0.0489. The van der Waals surface area contributed by atoms with E-state index in [0.29, 0.717) is 0 Å². The van der Waals surface area contributed by atoms with Crippen molar-refractivity contribution >= 4 is 32.3 Å². The maximum atomic E-state index is 10.6. The van der Waals surface area contributed by atoms with Crippen LogP contribution in [0.3, 0.4) is 0 Å². The largest absolute Gasteiger partial charge is 0.237 e. The van der Waals surface area contributed by atoms with Gasteiger partial charge in [0.05, 0.1) is 6.61 Å². The summed E-state index contributed by atoms with van der Waals surface area (Å²) in [5.41, 5.74) is 1.40. The van der Waals surface area contributed by atoms with Crippen molar-refractivity contribution in [3.05, 3.63) is 72.3 Å². The molecule has 1 radical (unpaired) electrons. The zero-order valence-electron chi connectivity index (χ0n) is 13.8. The number of hydrogen-bond donors (Lipinski definition) is 0. The highest BCUT2D eigenvalue weighted by atomic mass is 16.2. The van der Waals surface area contributed by atoms with Crippen LogP contribution in [0.1, 0.15) is 24.8 Å². The fourth-order valence-electron chi connectivity index (χ4n) is 3.60. The number of aryl methyl sites for hydroxylation is 1. The number of fused-ring (bicyclic) bond motifs is 3. The van der Waals surface area contributed by atoms with Gasteiger partial charge in [0.2, 0.25) is 0 Å². The summed E-state index contributed by atoms with van der Waals surface area (Å²) in [7, 11) is 0. The Balaban J connectivity index is 1.81. The molecule has 0 atom stereocenters. The van der Waals surface area contributed by atoms with Crippen molar-refractivity contribution in [2.75, 3.05) is 6.61 Å². The van der Waals surface area contributed by atoms with Gasteiger partial charge in [-0.05, 0) is 81.4 Å². The van der Waals surface area contributed by atoms with Crippen molar-refractivity contribution in [2.24, 2.45) is 0 Å². The van der Waals surface area contributed by atoms with Gasteiger partial charge in [-0.2, -0.15) is 0 Å². The minimum Gasteiger partial charge on any atom is -0.237 e. The Labute approximate surface area is 142 Å². The lowest BCUT2D eigenvalue weighted by Crippen LogP contribution is -1.90. The van der Waals surface area contributed by atoms with Gasteiger partial charge in [0.15, 0.2) is 0 Å². The smallest absolute Gasteiger partial charge is 0.0822 e. The summed E-state index contributed by atoms with van der Waals surface area (Å²) in [6.07, 6.45) is 3.96. The molecule has 0 heterocycles. The molecule has 24 heavy (non-hydrogen) atoms. The molecule has 1 nitrogen and oxygen atoms in total. The normalized spacial score (nSPS) is 11.5. The van der Waals surface area contributed by atoms with E-state index < -0.39 is 0 Å². The Hall–Kier alpha value is -2.38. The highest BCUT2D eigenvalue weighted by molar-refractivity contribution is 6.05. The van der Waals surface area contributed by atoms with Crippen LogP contribution < -0.4 is 0 Å². The van der Waals surface area contributed by atoms with Gasteiger partial charge in [0.25, 0.3) is 0 Å². The molecule has 4 aromatic rings. The lowest BCUT2D eigenvalue weighted by molar-refractivity contribution is 0.186. The van der Waals surface area contributed by atoms with E-state index in [9.17, 15) is 5.11 Å². The van der Waals surface area contributed by atoms with Crippen LogP contribution in [0.4, 0.5) is 0 Å². The third-order valence-corrected chi connectivity index (χ3v) is 4.88. The molecule has 0 saturated heterocycles. The molecule has 0 fully saturated rings. The lowest BCUT2D eigenvalue weighted by Gasteiger charge is -2.09. The summed E-state index contributed by atoms with van der Waals surface area (Å²) in [6, 6.07) is 24.3. The zero-order chi connectivity index (χ0) is 16.4. The molecule has 0 aliphatic carbocycles. The number of benzene rings is 4. The van der Waals surface area contributed by atoms with E-state index in [2.05, 4.69) is 66.7 Å². The molecule has 0 bridgehead atoms. The third kappa shape index (κ3) is 2.88. The van der Waals surface area contributed by atoms with Crippen LogP contribution in [-0.4, -0.2) is 6.61 Å². The third-order valence-electron chi connectivity index (χ3n) is 4.88. The van der Waals surface area contributed by atoms with Crippen molar-refractivity contribution in [1.29, 1.82) is 0 Å². The van der Waals surface area contributed by atoms with Crippen molar-refractivity contribution < 1.29 is 5.11 Å². The number of hydrogen-bond acceptors (Lipinski definition) is 0. The SMILES string of the molecule is [O]CCCCCc1cccc2cc3cc4ccccc4cc3cc12. The van der Waals surface area contributed by atoms with Crippen molar-refractivity contribution in [1.82, 2.24) is 0 Å². The molecule has 119 valence electrons. The van der Waals surface area contributed by atoms with Crippen molar-refractivity contribution in [2.45, 2.75) is 25.7 Å². The molecule has 4 rings (SSSR count). The van der Waals surface area contributed by atoms with Gasteiger partial charge in [-0.1, -0.05) is 48.9 Å². The second kappa shape index (κ2) is 6.62. The first kappa shape index (κ1) is 15.2. The van der Waals surface area contributed by atoms with Gasteiger partial charge >= 0.3 is 0 Å². The standard InChI is InChI=1S/C23H21O/c24-12-5-1-2-7-17-10-6-11-20-15-21-13-18-8-3-4-9-19(18)14-22(21)16-23(17)20/h3-4,6,8-11,13-16H,1-2,5,7,12H2. The fourth-order valence-corrected chi connectivity index (χ4v) is 3.60. The number of rotatable bonds is 5. The Morgan fingerprint density at radius 3 is 2.00 bits per heavy atom. The number of unbranched alkanes of at least 4 members (excludes halogenated alkanes) is 2. The first-order valence-electron chi connectivity index (χ1n) is 8.77. The molecule has 4 aromatic carbocycles. The van der Waals surface area contributed by atoms with Crippen LogP contribution in [0.5, 0.6) is 0 Å². The maximum absolute atomic E-state index is 10.6. The van der Waals surface area contributed by atoms with Gasteiger partial charge in [-0.15, -0.1) is 0 Å². The van der Waals surface area contributed by atoms with Crippen LogP contribution in [-0.2, 0) is 11.5 Å². The van der Waals surface area contributed by atoms with E-state index in [1.165, 1.54) is 37.9 Å². The van der Waals surface area contributed by atoms with Crippen LogP contribution in [0.15, 0.2) is 66.7 Å². The van der Waals surface area contributed by atoms with E-state index in [1.807, 2.05) is 0 Å². The molecule has 0 saturated carbocycles. The average Bonchev–Trinajstić information content (AvgIpc) is 2.62. The van der Waals surface area contributed by atoms with Crippen molar-refractivity contribution in [3.8, 4) is 0 Å². The summed E-state index contributed by atoms with van der Waals surface area (Å²) < 4.78 is 0.